The maximum atomic E-state index is 12.6. The topological polar surface area (TPSA) is 69.6 Å². The molecule has 1 aliphatic heterocycles. The number of aliphatic imine (C=N–C) groups is 1. The van der Waals surface area contributed by atoms with E-state index in [1.165, 1.54) is 22.9 Å². The van der Waals surface area contributed by atoms with E-state index in [4.69, 9.17) is 9.68 Å². The Hall–Kier alpha value is -2.78. The van der Waals surface area contributed by atoms with E-state index >= 15 is 0 Å². The van der Waals surface area contributed by atoms with Gasteiger partial charge in [-0.05, 0) is 24.3 Å². The molecule has 0 bridgehead atoms. The first-order chi connectivity index (χ1) is 10.8. The van der Waals surface area contributed by atoms with Crippen molar-refractivity contribution >= 4 is 34.6 Å². The van der Waals surface area contributed by atoms with Crippen LogP contribution in [0.2, 0.25) is 0 Å². The molecule has 1 amide bonds. The Morgan fingerprint density at radius 1 is 1.27 bits per heavy atom. The molecular weight excluding hydrogens is 298 g/mol. The van der Waals surface area contributed by atoms with Crippen LogP contribution >= 0.6 is 11.8 Å². The van der Waals surface area contributed by atoms with Crippen molar-refractivity contribution in [1.82, 2.24) is 0 Å². The zero-order valence-corrected chi connectivity index (χ0v) is 12.3. The van der Waals surface area contributed by atoms with Crippen molar-refractivity contribution in [2.24, 2.45) is 4.99 Å². The summed E-state index contributed by atoms with van der Waals surface area (Å²) in [6, 6.07) is 14.8. The molecule has 0 spiro atoms. The number of hydrogen-bond acceptors (Lipinski definition) is 5. The first kappa shape index (κ1) is 14.2. The Balaban J connectivity index is 1.97. The van der Waals surface area contributed by atoms with Gasteiger partial charge < -0.3 is 4.42 Å². The Bertz CT molecular complexity index is 773. The zero-order chi connectivity index (χ0) is 15.4. The summed E-state index contributed by atoms with van der Waals surface area (Å²) in [5, 5.41) is 9.26. The van der Waals surface area contributed by atoms with Gasteiger partial charge in [0.25, 0.3) is 5.91 Å². The Kier molecular flexibility index (Phi) is 4.08. The lowest BCUT2D eigenvalue weighted by Crippen LogP contribution is -2.30. The van der Waals surface area contributed by atoms with Gasteiger partial charge in [-0.3, -0.25) is 9.69 Å². The molecule has 108 valence electrons. The third kappa shape index (κ3) is 2.80. The maximum absolute atomic E-state index is 12.6. The number of nitrogens with zero attached hydrogens (tertiary/aromatic N) is 3. The maximum Gasteiger partial charge on any atom is 0.283 e. The first-order valence-electron chi connectivity index (χ1n) is 6.53. The van der Waals surface area contributed by atoms with Crippen LogP contribution in [0, 0.1) is 11.3 Å². The van der Waals surface area contributed by atoms with Crippen LogP contribution in [0.25, 0.3) is 6.08 Å². The highest BCUT2D eigenvalue weighted by molar-refractivity contribution is 8.14. The van der Waals surface area contributed by atoms with Crippen LogP contribution in [0.15, 0.2) is 63.8 Å². The lowest BCUT2D eigenvalue weighted by Gasteiger charge is -2.16. The minimum Gasteiger partial charge on any atom is -0.465 e. The number of carbonyl (C=O) groups is 1. The van der Waals surface area contributed by atoms with E-state index in [-0.39, 0.29) is 11.7 Å². The first-order valence-corrected chi connectivity index (χ1v) is 7.51. The smallest absolute Gasteiger partial charge is 0.283 e. The highest BCUT2D eigenvalue weighted by atomic mass is 32.2. The summed E-state index contributed by atoms with van der Waals surface area (Å²) >= 11 is 1.23. The lowest BCUT2D eigenvalue weighted by atomic mass is 10.2. The molecule has 0 fully saturated rings. The zero-order valence-electron chi connectivity index (χ0n) is 11.5. The molecule has 0 unspecified atom stereocenters. The summed E-state index contributed by atoms with van der Waals surface area (Å²) in [5.74, 6) is 0.554. The fourth-order valence-electron chi connectivity index (χ4n) is 2.00. The summed E-state index contributed by atoms with van der Waals surface area (Å²) in [6.45, 7) is 0. The van der Waals surface area contributed by atoms with Gasteiger partial charge in [0.15, 0.2) is 5.17 Å². The molecule has 0 atom stereocenters. The molecule has 6 heteroatoms. The predicted molar refractivity (Wildman–Crippen MR) is 86.1 cm³/mol. The second kappa shape index (κ2) is 6.33. The van der Waals surface area contributed by atoms with Gasteiger partial charge >= 0.3 is 0 Å². The number of carbonyl (C=O) groups excluding carboxylic acids is 1. The monoisotopic (exact) mass is 309 g/mol. The van der Waals surface area contributed by atoms with Gasteiger partial charge in [-0.25, -0.2) is 4.99 Å². The van der Waals surface area contributed by atoms with Gasteiger partial charge in [-0.2, -0.15) is 5.26 Å². The standard InChI is InChI=1S/C16H11N3O2S/c17-8-10-22-16-18-14(11-13-7-4-9-21-13)15(20)19(16)12-5-2-1-3-6-12/h1-7,9,11H,10H2. The van der Waals surface area contributed by atoms with E-state index < -0.39 is 0 Å². The molecule has 0 N–H and O–H groups in total. The number of amides is 1. The van der Waals surface area contributed by atoms with E-state index in [1.807, 2.05) is 36.4 Å². The van der Waals surface area contributed by atoms with Crippen molar-refractivity contribution in [2.75, 3.05) is 10.7 Å². The summed E-state index contributed by atoms with van der Waals surface area (Å²) in [6.07, 6.45) is 3.13. The number of rotatable bonds is 3. The summed E-state index contributed by atoms with van der Waals surface area (Å²) in [5.41, 5.74) is 1.01. The van der Waals surface area contributed by atoms with E-state index in [1.54, 1.807) is 18.2 Å². The van der Waals surface area contributed by atoms with Crippen LogP contribution in [0.5, 0.6) is 0 Å². The summed E-state index contributed by atoms with van der Waals surface area (Å²) in [4.78, 5) is 18.5. The van der Waals surface area contributed by atoms with Crippen molar-refractivity contribution in [1.29, 1.82) is 5.26 Å². The molecular formula is C16H11N3O2S. The van der Waals surface area contributed by atoms with E-state index in [0.29, 0.717) is 16.6 Å². The Morgan fingerprint density at radius 3 is 2.77 bits per heavy atom. The molecule has 22 heavy (non-hydrogen) atoms. The van der Waals surface area contributed by atoms with Gasteiger partial charge in [0.05, 0.1) is 23.8 Å². The average molecular weight is 309 g/mol. The fourth-order valence-corrected chi connectivity index (χ4v) is 2.68. The molecule has 1 aromatic heterocycles. The van der Waals surface area contributed by atoms with Gasteiger partial charge in [0.1, 0.15) is 11.5 Å². The molecule has 3 rings (SSSR count). The molecule has 0 radical (unpaired) electrons. The summed E-state index contributed by atoms with van der Waals surface area (Å²) in [7, 11) is 0. The van der Waals surface area contributed by atoms with Crippen LogP contribution in [0.4, 0.5) is 5.69 Å². The minimum atomic E-state index is -0.233. The fraction of sp³-hybridized carbons (Fsp3) is 0.0625. The molecule has 2 heterocycles. The average Bonchev–Trinajstić information content (AvgIpc) is 3.15. The van der Waals surface area contributed by atoms with Crippen LogP contribution in [-0.4, -0.2) is 16.8 Å². The van der Waals surface area contributed by atoms with Crippen molar-refractivity contribution in [3.8, 4) is 6.07 Å². The van der Waals surface area contributed by atoms with Crippen molar-refractivity contribution in [2.45, 2.75) is 0 Å². The number of benzene rings is 1. The second-order valence-corrected chi connectivity index (χ2v) is 5.30. The number of anilines is 1. The van der Waals surface area contributed by atoms with Gasteiger partial charge in [-0.1, -0.05) is 30.0 Å². The van der Waals surface area contributed by atoms with Crippen LogP contribution in [-0.2, 0) is 4.79 Å². The molecule has 0 saturated carbocycles. The molecule has 5 nitrogen and oxygen atoms in total. The van der Waals surface area contributed by atoms with Crippen molar-refractivity contribution in [3.05, 3.63) is 60.2 Å². The highest BCUT2D eigenvalue weighted by Gasteiger charge is 2.31. The van der Waals surface area contributed by atoms with Gasteiger partial charge in [-0.15, -0.1) is 0 Å². The number of nitriles is 1. The van der Waals surface area contributed by atoms with E-state index in [0.717, 1.165) is 5.69 Å². The van der Waals surface area contributed by atoms with Gasteiger partial charge in [0.2, 0.25) is 0 Å². The lowest BCUT2D eigenvalue weighted by molar-refractivity contribution is -0.113. The second-order valence-electron chi connectivity index (χ2n) is 4.36. The number of hydrogen-bond donors (Lipinski definition) is 0. The molecule has 1 aromatic carbocycles. The van der Waals surface area contributed by atoms with Crippen LogP contribution in [0.3, 0.4) is 0 Å². The predicted octanol–water partition coefficient (Wildman–Crippen LogP) is 3.28. The van der Waals surface area contributed by atoms with Gasteiger partial charge in [0, 0.05) is 6.08 Å². The third-order valence-electron chi connectivity index (χ3n) is 2.93. The highest BCUT2D eigenvalue weighted by Crippen LogP contribution is 2.29. The Morgan fingerprint density at radius 2 is 2.09 bits per heavy atom. The summed E-state index contributed by atoms with van der Waals surface area (Å²) < 4.78 is 5.23. The van der Waals surface area contributed by atoms with Crippen LogP contribution < -0.4 is 4.90 Å². The van der Waals surface area contributed by atoms with E-state index in [9.17, 15) is 4.79 Å². The minimum absolute atomic E-state index is 0.226. The van der Waals surface area contributed by atoms with Crippen LogP contribution in [0.1, 0.15) is 5.76 Å². The van der Waals surface area contributed by atoms with Crippen molar-refractivity contribution in [3.63, 3.8) is 0 Å². The Labute approximate surface area is 131 Å². The molecule has 2 aromatic rings. The third-order valence-corrected chi connectivity index (χ3v) is 3.74. The largest absolute Gasteiger partial charge is 0.465 e. The molecule has 0 aliphatic carbocycles. The SMILES string of the molecule is N#CCSC1=NC(=Cc2ccco2)C(=O)N1c1ccccc1. The number of amidine groups is 1. The van der Waals surface area contributed by atoms with Crippen molar-refractivity contribution < 1.29 is 9.21 Å². The number of para-hydroxylation sites is 1. The number of furan rings is 1. The van der Waals surface area contributed by atoms with E-state index in [2.05, 4.69) is 4.99 Å². The molecule has 0 saturated heterocycles. The quantitative estimate of drug-likeness (QED) is 0.816. The molecule has 1 aliphatic rings. The normalized spacial score (nSPS) is 16.0. The number of thioether (sulfide) groups is 1.